The van der Waals surface area contributed by atoms with Gasteiger partial charge in [-0.05, 0) is 26.3 Å². The van der Waals surface area contributed by atoms with Crippen LogP contribution in [-0.2, 0) is 6.54 Å². The van der Waals surface area contributed by atoms with E-state index in [2.05, 4.69) is 28.5 Å². The fraction of sp³-hybridized carbons (Fsp3) is 0.500. The van der Waals surface area contributed by atoms with E-state index in [4.69, 9.17) is 4.42 Å². The average molecular weight is 247 g/mol. The van der Waals surface area contributed by atoms with Crippen LogP contribution in [0.2, 0.25) is 0 Å². The van der Waals surface area contributed by atoms with Crippen LogP contribution in [0, 0.1) is 13.8 Å². The molecule has 0 radical (unpaired) electrons. The van der Waals surface area contributed by atoms with Crippen molar-refractivity contribution < 1.29 is 4.42 Å². The number of H-pyrrole nitrogens is 1. The Balaban J connectivity index is 2.00. The second-order valence-electron chi connectivity index (χ2n) is 4.69. The van der Waals surface area contributed by atoms with Crippen molar-refractivity contribution in [2.24, 2.45) is 0 Å². The van der Waals surface area contributed by atoms with E-state index < -0.39 is 0 Å². The van der Waals surface area contributed by atoms with E-state index in [1.165, 1.54) is 11.1 Å². The van der Waals surface area contributed by atoms with Gasteiger partial charge in [0.2, 0.25) is 0 Å². The van der Waals surface area contributed by atoms with Gasteiger partial charge < -0.3 is 9.73 Å². The Morgan fingerprint density at radius 2 is 2.28 bits per heavy atom. The molecule has 0 aromatic carbocycles. The van der Waals surface area contributed by atoms with Crippen molar-refractivity contribution in [1.29, 1.82) is 0 Å². The van der Waals surface area contributed by atoms with E-state index in [1.807, 2.05) is 26.2 Å². The Bertz CT molecular complexity index is 473. The molecule has 2 aromatic heterocycles. The lowest BCUT2D eigenvalue weighted by molar-refractivity contribution is 0.477. The molecule has 18 heavy (non-hydrogen) atoms. The molecular weight excluding hydrogens is 226 g/mol. The third kappa shape index (κ3) is 3.01. The fourth-order valence-electron chi connectivity index (χ4n) is 2.22. The van der Waals surface area contributed by atoms with Gasteiger partial charge in [0.05, 0.1) is 6.20 Å². The van der Waals surface area contributed by atoms with E-state index in [0.29, 0.717) is 6.04 Å². The van der Waals surface area contributed by atoms with Crippen molar-refractivity contribution in [3.8, 4) is 0 Å². The van der Waals surface area contributed by atoms with Crippen molar-refractivity contribution in [2.75, 3.05) is 0 Å². The van der Waals surface area contributed by atoms with Gasteiger partial charge in [-0.3, -0.25) is 5.10 Å². The summed E-state index contributed by atoms with van der Waals surface area (Å²) in [6.45, 7) is 7.02. The summed E-state index contributed by atoms with van der Waals surface area (Å²) in [7, 11) is 0. The monoisotopic (exact) mass is 247 g/mol. The number of rotatable bonds is 6. The molecule has 0 saturated carbocycles. The maximum Gasteiger partial charge on any atom is 0.105 e. The first kappa shape index (κ1) is 12.9. The standard InChI is InChI=1S/C14H21N3O/c1-4-5-14(13-8-16-17-9-13)15-7-12-6-10(2)18-11(12)3/h6,8-9,14-15H,4-5,7H2,1-3H3,(H,16,17). The summed E-state index contributed by atoms with van der Waals surface area (Å²) in [5, 5.41) is 10.5. The summed E-state index contributed by atoms with van der Waals surface area (Å²) >= 11 is 0. The summed E-state index contributed by atoms with van der Waals surface area (Å²) in [6.07, 6.45) is 6.10. The van der Waals surface area contributed by atoms with Crippen LogP contribution in [0.1, 0.15) is 48.5 Å². The van der Waals surface area contributed by atoms with Crippen LogP contribution in [0.3, 0.4) is 0 Å². The first-order valence-electron chi connectivity index (χ1n) is 6.48. The smallest absolute Gasteiger partial charge is 0.105 e. The first-order valence-corrected chi connectivity index (χ1v) is 6.48. The molecule has 4 nitrogen and oxygen atoms in total. The van der Waals surface area contributed by atoms with Crippen LogP contribution < -0.4 is 5.32 Å². The molecule has 0 aliphatic carbocycles. The maximum atomic E-state index is 5.54. The number of hydrogen-bond donors (Lipinski definition) is 2. The lowest BCUT2D eigenvalue weighted by atomic mass is 10.1. The SMILES string of the molecule is CCCC(NCc1cc(C)oc1C)c1cn[nH]c1. The predicted molar refractivity (Wildman–Crippen MR) is 71.3 cm³/mol. The quantitative estimate of drug-likeness (QED) is 0.823. The molecule has 0 aliphatic heterocycles. The summed E-state index contributed by atoms with van der Waals surface area (Å²) in [5.41, 5.74) is 2.45. The number of furan rings is 1. The zero-order valence-corrected chi connectivity index (χ0v) is 11.3. The Morgan fingerprint density at radius 3 is 2.83 bits per heavy atom. The highest BCUT2D eigenvalue weighted by atomic mass is 16.3. The molecule has 0 saturated heterocycles. The minimum atomic E-state index is 0.350. The van der Waals surface area contributed by atoms with Crippen LogP contribution in [0.15, 0.2) is 22.9 Å². The summed E-state index contributed by atoms with van der Waals surface area (Å²) in [4.78, 5) is 0. The van der Waals surface area contributed by atoms with Crippen molar-refractivity contribution >= 4 is 0 Å². The van der Waals surface area contributed by atoms with Crippen LogP contribution in [-0.4, -0.2) is 10.2 Å². The van der Waals surface area contributed by atoms with Gasteiger partial charge in [0.1, 0.15) is 11.5 Å². The zero-order valence-electron chi connectivity index (χ0n) is 11.3. The lowest BCUT2D eigenvalue weighted by Crippen LogP contribution is -2.20. The van der Waals surface area contributed by atoms with Gasteiger partial charge >= 0.3 is 0 Å². The van der Waals surface area contributed by atoms with Crippen molar-refractivity contribution in [2.45, 2.75) is 46.2 Å². The van der Waals surface area contributed by atoms with Crippen LogP contribution in [0.4, 0.5) is 0 Å². The first-order chi connectivity index (χ1) is 8.70. The van der Waals surface area contributed by atoms with E-state index in [-0.39, 0.29) is 0 Å². The number of nitrogens with zero attached hydrogens (tertiary/aromatic N) is 1. The Hall–Kier alpha value is -1.55. The summed E-state index contributed by atoms with van der Waals surface area (Å²) < 4.78 is 5.54. The third-order valence-electron chi connectivity index (χ3n) is 3.18. The highest BCUT2D eigenvalue weighted by Gasteiger charge is 2.12. The van der Waals surface area contributed by atoms with Gasteiger partial charge in [-0.15, -0.1) is 0 Å². The second-order valence-corrected chi connectivity index (χ2v) is 4.69. The molecule has 2 aromatic rings. The van der Waals surface area contributed by atoms with Gasteiger partial charge in [-0.1, -0.05) is 13.3 Å². The predicted octanol–water partition coefficient (Wildman–Crippen LogP) is 3.25. The number of nitrogens with one attached hydrogen (secondary N) is 2. The minimum absolute atomic E-state index is 0.350. The summed E-state index contributed by atoms with van der Waals surface area (Å²) in [6, 6.07) is 2.45. The van der Waals surface area contributed by atoms with Crippen molar-refractivity contribution in [3.63, 3.8) is 0 Å². The zero-order chi connectivity index (χ0) is 13.0. The Kier molecular flexibility index (Phi) is 4.20. The maximum absolute atomic E-state index is 5.54. The van der Waals surface area contributed by atoms with Gasteiger partial charge in [0, 0.05) is 29.9 Å². The molecule has 1 atom stereocenters. The molecule has 1 unspecified atom stereocenters. The van der Waals surface area contributed by atoms with Crippen LogP contribution in [0.5, 0.6) is 0 Å². The number of hydrogen-bond acceptors (Lipinski definition) is 3. The Labute approximate surface area is 108 Å². The fourth-order valence-corrected chi connectivity index (χ4v) is 2.22. The van der Waals surface area contributed by atoms with E-state index in [0.717, 1.165) is 30.9 Å². The molecule has 0 spiro atoms. The number of aromatic nitrogens is 2. The lowest BCUT2D eigenvalue weighted by Gasteiger charge is -2.16. The van der Waals surface area contributed by atoms with Gasteiger partial charge in [0.25, 0.3) is 0 Å². The normalized spacial score (nSPS) is 12.8. The molecule has 0 fully saturated rings. The van der Waals surface area contributed by atoms with E-state index in [1.54, 1.807) is 0 Å². The molecule has 0 aliphatic rings. The minimum Gasteiger partial charge on any atom is -0.466 e. The molecule has 2 N–H and O–H groups in total. The van der Waals surface area contributed by atoms with Gasteiger partial charge in [-0.2, -0.15) is 5.10 Å². The van der Waals surface area contributed by atoms with Crippen molar-refractivity contribution in [3.05, 3.63) is 41.1 Å². The topological polar surface area (TPSA) is 53.9 Å². The van der Waals surface area contributed by atoms with Crippen molar-refractivity contribution in [1.82, 2.24) is 15.5 Å². The average Bonchev–Trinajstić information content (AvgIpc) is 2.95. The van der Waals surface area contributed by atoms with E-state index >= 15 is 0 Å². The molecule has 98 valence electrons. The molecule has 0 bridgehead atoms. The largest absolute Gasteiger partial charge is 0.466 e. The second kappa shape index (κ2) is 5.87. The molecular formula is C14H21N3O. The third-order valence-corrected chi connectivity index (χ3v) is 3.18. The van der Waals surface area contributed by atoms with Crippen LogP contribution >= 0.6 is 0 Å². The Morgan fingerprint density at radius 1 is 1.44 bits per heavy atom. The highest BCUT2D eigenvalue weighted by Crippen LogP contribution is 2.19. The molecule has 2 rings (SSSR count). The number of aromatic amines is 1. The van der Waals surface area contributed by atoms with E-state index in [9.17, 15) is 0 Å². The van der Waals surface area contributed by atoms with Gasteiger partial charge in [0.15, 0.2) is 0 Å². The highest BCUT2D eigenvalue weighted by molar-refractivity contribution is 5.20. The summed E-state index contributed by atoms with van der Waals surface area (Å²) in [5.74, 6) is 1.97. The number of aryl methyl sites for hydroxylation is 2. The molecule has 4 heteroatoms. The molecule has 2 heterocycles. The molecule has 0 amide bonds. The van der Waals surface area contributed by atoms with Gasteiger partial charge in [-0.25, -0.2) is 0 Å². The van der Waals surface area contributed by atoms with Crippen LogP contribution in [0.25, 0.3) is 0 Å².